The standard InChI is InChI=1S/C16H17N3O4S2/c20-12(7-19-5-6-24-16(19)22)23-8-11-17-14(21)13-9-3-1-2-4-10(9)25-15(13)18-11/h1-8H2,(H,17,18,21). The minimum absolute atomic E-state index is 0.0639. The van der Waals surface area contributed by atoms with Crippen molar-refractivity contribution in [1.29, 1.82) is 0 Å². The topological polar surface area (TPSA) is 92.4 Å². The summed E-state index contributed by atoms with van der Waals surface area (Å²) in [5.41, 5.74) is 0.968. The fraction of sp³-hybridized carbons (Fsp3) is 0.500. The van der Waals surface area contributed by atoms with Crippen LogP contribution >= 0.6 is 23.1 Å². The summed E-state index contributed by atoms with van der Waals surface area (Å²) in [6.07, 6.45) is 4.18. The minimum Gasteiger partial charge on any atom is -0.456 e. The zero-order chi connectivity index (χ0) is 17.4. The first-order chi connectivity index (χ1) is 12.1. The molecule has 0 spiro atoms. The number of aryl methyl sites for hydroxylation is 2. The highest BCUT2D eigenvalue weighted by Crippen LogP contribution is 2.33. The summed E-state index contributed by atoms with van der Waals surface area (Å²) in [6, 6.07) is 0. The predicted octanol–water partition coefficient (Wildman–Crippen LogP) is 2.08. The number of hydrogen-bond acceptors (Lipinski definition) is 7. The number of nitrogens with one attached hydrogen (secondary N) is 1. The number of H-pyrrole nitrogens is 1. The maximum Gasteiger partial charge on any atom is 0.326 e. The zero-order valence-corrected chi connectivity index (χ0v) is 15.1. The first-order valence-corrected chi connectivity index (χ1v) is 10.0. The van der Waals surface area contributed by atoms with E-state index in [9.17, 15) is 14.4 Å². The van der Waals surface area contributed by atoms with Crippen LogP contribution in [0.25, 0.3) is 10.2 Å². The lowest BCUT2D eigenvalue weighted by Gasteiger charge is -2.13. The van der Waals surface area contributed by atoms with Gasteiger partial charge in [0.25, 0.3) is 10.8 Å². The van der Waals surface area contributed by atoms with Crippen molar-refractivity contribution < 1.29 is 14.3 Å². The van der Waals surface area contributed by atoms with E-state index >= 15 is 0 Å². The Hall–Kier alpha value is -1.87. The average molecular weight is 379 g/mol. The maximum atomic E-state index is 12.4. The highest BCUT2D eigenvalue weighted by atomic mass is 32.2. The third kappa shape index (κ3) is 3.30. The Bertz CT molecular complexity index is 905. The lowest BCUT2D eigenvalue weighted by Crippen LogP contribution is -2.31. The molecule has 0 saturated carbocycles. The number of carbonyl (C=O) groups is 2. The van der Waals surface area contributed by atoms with Crippen LogP contribution in [0.5, 0.6) is 0 Å². The van der Waals surface area contributed by atoms with Gasteiger partial charge in [-0.2, -0.15) is 0 Å². The molecule has 0 radical (unpaired) electrons. The number of aromatic amines is 1. The first kappa shape index (κ1) is 16.6. The number of carbonyl (C=O) groups excluding carboxylic acids is 2. The van der Waals surface area contributed by atoms with Crippen LogP contribution in [-0.2, 0) is 29.0 Å². The molecule has 1 aliphatic carbocycles. The molecule has 1 saturated heterocycles. The van der Waals surface area contributed by atoms with Crippen LogP contribution in [-0.4, -0.2) is 44.9 Å². The largest absolute Gasteiger partial charge is 0.456 e. The predicted molar refractivity (Wildman–Crippen MR) is 96.1 cm³/mol. The van der Waals surface area contributed by atoms with E-state index in [-0.39, 0.29) is 24.0 Å². The molecular formula is C16H17N3O4S2. The molecule has 1 aliphatic heterocycles. The van der Waals surface area contributed by atoms with Crippen LogP contribution in [0.15, 0.2) is 4.79 Å². The number of aromatic nitrogens is 2. The average Bonchev–Trinajstić information content (AvgIpc) is 3.16. The number of thiophene rings is 1. The Kier molecular flexibility index (Phi) is 4.51. The molecular weight excluding hydrogens is 362 g/mol. The van der Waals surface area contributed by atoms with Crippen molar-refractivity contribution in [3.05, 3.63) is 26.6 Å². The molecule has 1 amide bonds. The van der Waals surface area contributed by atoms with E-state index in [1.807, 2.05) is 0 Å². The summed E-state index contributed by atoms with van der Waals surface area (Å²) in [6.45, 7) is 0.397. The van der Waals surface area contributed by atoms with Gasteiger partial charge in [0.2, 0.25) is 0 Å². The van der Waals surface area contributed by atoms with Gasteiger partial charge in [-0.05, 0) is 31.2 Å². The van der Waals surface area contributed by atoms with Crippen molar-refractivity contribution in [2.75, 3.05) is 18.8 Å². The monoisotopic (exact) mass is 379 g/mol. The highest BCUT2D eigenvalue weighted by Gasteiger charge is 2.24. The van der Waals surface area contributed by atoms with Gasteiger partial charge in [-0.25, -0.2) is 4.98 Å². The lowest BCUT2D eigenvalue weighted by atomic mass is 9.97. The fourth-order valence-electron chi connectivity index (χ4n) is 3.20. The van der Waals surface area contributed by atoms with Crippen LogP contribution in [0, 0.1) is 0 Å². The summed E-state index contributed by atoms with van der Waals surface area (Å²) >= 11 is 2.76. The third-order valence-corrected chi connectivity index (χ3v) is 6.49. The molecule has 2 aromatic rings. The molecule has 132 valence electrons. The molecule has 1 N–H and O–H groups in total. The van der Waals surface area contributed by atoms with Crippen molar-refractivity contribution in [1.82, 2.24) is 14.9 Å². The molecule has 25 heavy (non-hydrogen) atoms. The van der Waals surface area contributed by atoms with Crippen LogP contribution in [0.4, 0.5) is 4.79 Å². The molecule has 0 unspecified atom stereocenters. The number of amides is 1. The molecule has 1 fully saturated rings. The molecule has 2 aliphatic rings. The van der Waals surface area contributed by atoms with Gasteiger partial charge in [0.05, 0.1) is 5.39 Å². The van der Waals surface area contributed by atoms with Crippen LogP contribution in [0.1, 0.15) is 29.1 Å². The van der Waals surface area contributed by atoms with E-state index in [0.29, 0.717) is 28.3 Å². The second kappa shape index (κ2) is 6.80. The quantitative estimate of drug-likeness (QED) is 0.818. The fourth-order valence-corrected chi connectivity index (χ4v) is 5.30. The number of nitrogens with zero attached hydrogens (tertiary/aromatic N) is 2. The van der Waals surface area contributed by atoms with Gasteiger partial charge in [-0.15, -0.1) is 11.3 Å². The molecule has 0 aromatic carbocycles. The van der Waals surface area contributed by atoms with E-state index in [2.05, 4.69) is 9.97 Å². The third-order valence-electron chi connectivity index (χ3n) is 4.41. The van der Waals surface area contributed by atoms with Gasteiger partial charge >= 0.3 is 5.97 Å². The van der Waals surface area contributed by atoms with E-state index in [4.69, 9.17) is 4.74 Å². The first-order valence-electron chi connectivity index (χ1n) is 8.22. The highest BCUT2D eigenvalue weighted by molar-refractivity contribution is 8.13. The Labute approximate surface area is 151 Å². The molecule has 9 heteroatoms. The number of rotatable bonds is 4. The number of thioether (sulfide) groups is 1. The van der Waals surface area contributed by atoms with E-state index in [0.717, 1.165) is 31.2 Å². The molecule has 4 rings (SSSR count). The Morgan fingerprint density at radius 3 is 2.92 bits per heavy atom. The van der Waals surface area contributed by atoms with Crippen LogP contribution in [0.3, 0.4) is 0 Å². The second-order valence-corrected chi connectivity index (χ2v) is 8.23. The van der Waals surface area contributed by atoms with E-state index < -0.39 is 5.97 Å². The summed E-state index contributed by atoms with van der Waals surface area (Å²) in [5, 5.41) is 0.587. The SMILES string of the molecule is O=C(CN1CCSC1=O)OCc1nc2sc3c(c2c(=O)[nH]1)CCCC3. The summed E-state index contributed by atoms with van der Waals surface area (Å²) in [5.74, 6) is 0.538. The number of ether oxygens (including phenoxy) is 1. The van der Waals surface area contributed by atoms with Gasteiger partial charge in [-0.1, -0.05) is 11.8 Å². The Morgan fingerprint density at radius 2 is 2.12 bits per heavy atom. The zero-order valence-electron chi connectivity index (χ0n) is 13.5. The Balaban J connectivity index is 1.47. The molecule has 7 nitrogen and oxygen atoms in total. The van der Waals surface area contributed by atoms with E-state index in [1.54, 1.807) is 11.3 Å². The minimum atomic E-state index is -0.496. The van der Waals surface area contributed by atoms with Gasteiger partial charge < -0.3 is 14.6 Å². The number of fused-ring (bicyclic) bond motifs is 3. The normalized spacial score (nSPS) is 17.1. The van der Waals surface area contributed by atoms with Crippen molar-refractivity contribution in [3.8, 4) is 0 Å². The van der Waals surface area contributed by atoms with Crippen molar-refractivity contribution >= 4 is 44.5 Å². The molecule has 3 heterocycles. The van der Waals surface area contributed by atoms with Crippen LogP contribution in [0.2, 0.25) is 0 Å². The number of hydrogen-bond donors (Lipinski definition) is 1. The second-order valence-electron chi connectivity index (χ2n) is 6.10. The summed E-state index contributed by atoms with van der Waals surface area (Å²) in [7, 11) is 0. The van der Waals surface area contributed by atoms with Crippen molar-refractivity contribution in [2.24, 2.45) is 0 Å². The summed E-state index contributed by atoms with van der Waals surface area (Å²) in [4.78, 5) is 46.4. The summed E-state index contributed by atoms with van der Waals surface area (Å²) < 4.78 is 5.17. The van der Waals surface area contributed by atoms with E-state index in [1.165, 1.54) is 21.5 Å². The smallest absolute Gasteiger partial charge is 0.326 e. The van der Waals surface area contributed by atoms with Gasteiger partial charge in [0.15, 0.2) is 0 Å². The molecule has 0 atom stereocenters. The lowest BCUT2D eigenvalue weighted by molar-refractivity contribution is -0.145. The van der Waals surface area contributed by atoms with Crippen molar-refractivity contribution in [2.45, 2.75) is 32.3 Å². The molecule has 2 aromatic heterocycles. The molecule has 0 bridgehead atoms. The van der Waals surface area contributed by atoms with Crippen molar-refractivity contribution in [3.63, 3.8) is 0 Å². The number of esters is 1. The van der Waals surface area contributed by atoms with Gasteiger partial charge in [0, 0.05) is 17.2 Å². The van der Waals surface area contributed by atoms with Gasteiger partial charge in [-0.3, -0.25) is 14.4 Å². The van der Waals surface area contributed by atoms with Crippen LogP contribution < -0.4 is 5.56 Å². The van der Waals surface area contributed by atoms with Gasteiger partial charge in [0.1, 0.15) is 23.8 Å². The maximum absolute atomic E-state index is 12.4. The Morgan fingerprint density at radius 1 is 1.28 bits per heavy atom.